The van der Waals surface area contributed by atoms with Crippen molar-refractivity contribution in [2.45, 2.75) is 55.3 Å². The van der Waals surface area contributed by atoms with Gasteiger partial charge in [-0.2, -0.15) is 0 Å². The van der Waals surface area contributed by atoms with E-state index in [1.807, 2.05) is 0 Å². The van der Waals surface area contributed by atoms with Crippen LogP contribution in [-0.4, -0.2) is 110 Å². The zero-order chi connectivity index (χ0) is 53.5. The Hall–Kier alpha value is -9.29. The standard InChI is InChI=1S/C60H48O17/c61-52(38-22-8-1-9-23-38)70-45-36-68-59(50(75-56(65)42-30-16-5-17-31-42)48(45)73-54(63)40-26-12-3-13-27-40)69-37-46-47(72-53(62)39-24-10-2-11-25-39)49(74-55(64)41-28-14-4-15-29-41)51(76-57(66)43-32-18-6-19-33-43)60(71-46)77-58(67)44-34-20-7-21-35-44/h1-35,45-51,59-60H,36-37H2/t45-,46-,47-,48+,49+,50-,51-,59+,60+/m1/s1. The highest BCUT2D eigenvalue weighted by molar-refractivity contribution is 5.93. The molecule has 390 valence electrons. The minimum Gasteiger partial charge on any atom is -0.452 e. The van der Waals surface area contributed by atoms with Crippen LogP contribution < -0.4 is 0 Å². The van der Waals surface area contributed by atoms with Crippen molar-refractivity contribution in [3.8, 4) is 0 Å². The van der Waals surface area contributed by atoms with Crippen LogP contribution >= 0.6 is 0 Å². The Morgan fingerprint density at radius 1 is 0.312 bits per heavy atom. The Bertz CT molecular complexity index is 3110. The third-order valence-electron chi connectivity index (χ3n) is 12.2. The van der Waals surface area contributed by atoms with Crippen LogP contribution in [0.3, 0.4) is 0 Å². The number of rotatable bonds is 17. The lowest BCUT2D eigenvalue weighted by atomic mass is 9.97. The third kappa shape index (κ3) is 13.3. The van der Waals surface area contributed by atoms with Gasteiger partial charge in [0.1, 0.15) is 6.10 Å². The van der Waals surface area contributed by atoms with Crippen molar-refractivity contribution < 1.29 is 80.9 Å². The van der Waals surface area contributed by atoms with Gasteiger partial charge in [0.15, 0.2) is 36.8 Å². The van der Waals surface area contributed by atoms with Crippen molar-refractivity contribution in [1.82, 2.24) is 0 Å². The second-order valence-corrected chi connectivity index (χ2v) is 17.3. The molecule has 17 nitrogen and oxygen atoms in total. The molecule has 77 heavy (non-hydrogen) atoms. The number of esters is 7. The molecule has 2 aliphatic heterocycles. The van der Waals surface area contributed by atoms with E-state index in [1.54, 1.807) is 127 Å². The molecule has 2 fully saturated rings. The summed E-state index contributed by atoms with van der Waals surface area (Å²) in [7, 11) is 0. The van der Waals surface area contributed by atoms with Crippen molar-refractivity contribution in [3.63, 3.8) is 0 Å². The first-order valence-electron chi connectivity index (χ1n) is 24.3. The van der Waals surface area contributed by atoms with Crippen LogP contribution in [0.15, 0.2) is 212 Å². The van der Waals surface area contributed by atoms with E-state index in [0.29, 0.717) is 0 Å². The van der Waals surface area contributed by atoms with Crippen LogP contribution in [0.2, 0.25) is 0 Å². The number of benzene rings is 7. The molecule has 2 aliphatic rings. The Balaban J connectivity index is 1.11. The van der Waals surface area contributed by atoms with E-state index in [1.165, 1.54) is 84.9 Å². The Kier molecular flexibility index (Phi) is 17.3. The summed E-state index contributed by atoms with van der Waals surface area (Å²) in [5.41, 5.74) is 0.545. The summed E-state index contributed by atoms with van der Waals surface area (Å²) in [6.45, 7) is -1.23. The molecule has 9 atom stereocenters. The maximum Gasteiger partial charge on any atom is 0.340 e. The lowest BCUT2D eigenvalue weighted by molar-refractivity contribution is -0.309. The maximum absolute atomic E-state index is 14.2. The van der Waals surface area contributed by atoms with E-state index in [-0.39, 0.29) is 38.9 Å². The van der Waals surface area contributed by atoms with E-state index in [0.717, 1.165) is 0 Å². The molecule has 17 heteroatoms. The minimum atomic E-state index is -1.93. The molecule has 0 bridgehead atoms. The molecule has 0 aromatic heterocycles. The molecule has 0 unspecified atom stereocenters. The van der Waals surface area contributed by atoms with Gasteiger partial charge in [0.05, 0.1) is 52.2 Å². The first kappa shape index (κ1) is 52.6. The van der Waals surface area contributed by atoms with Crippen molar-refractivity contribution in [3.05, 3.63) is 251 Å². The Labute approximate surface area is 441 Å². The second-order valence-electron chi connectivity index (χ2n) is 17.3. The molecular weight excluding hydrogens is 993 g/mol. The minimum absolute atomic E-state index is 0.0446. The topological polar surface area (TPSA) is 212 Å². The van der Waals surface area contributed by atoms with Gasteiger partial charge in [-0.3, -0.25) is 0 Å². The van der Waals surface area contributed by atoms with E-state index >= 15 is 0 Å². The molecule has 0 spiro atoms. The lowest BCUT2D eigenvalue weighted by Crippen LogP contribution is -2.64. The highest BCUT2D eigenvalue weighted by Crippen LogP contribution is 2.34. The normalized spacial score (nSPS) is 21.7. The monoisotopic (exact) mass is 1040 g/mol. The van der Waals surface area contributed by atoms with Crippen LogP contribution in [0.5, 0.6) is 0 Å². The van der Waals surface area contributed by atoms with Crippen LogP contribution in [0.25, 0.3) is 0 Å². The van der Waals surface area contributed by atoms with Gasteiger partial charge in [-0.15, -0.1) is 0 Å². The molecule has 0 N–H and O–H groups in total. The van der Waals surface area contributed by atoms with Gasteiger partial charge in [-0.1, -0.05) is 127 Å². The van der Waals surface area contributed by atoms with Gasteiger partial charge in [-0.25, -0.2) is 33.6 Å². The number of carbonyl (C=O) groups excluding carboxylic acids is 7. The molecule has 9 rings (SSSR count). The molecule has 2 saturated heterocycles. The largest absolute Gasteiger partial charge is 0.452 e. The lowest BCUT2D eigenvalue weighted by Gasteiger charge is -2.45. The quantitative estimate of drug-likeness (QED) is 0.0620. The molecule has 0 aliphatic carbocycles. The SMILES string of the molecule is O=C(O[C@@H]1O[C@H](CO[C@@H]2OC[C@@H](OC(=O)c3ccccc3)[C@H](OC(=O)c3ccccc3)[C@H]2OC(=O)c2ccccc2)[C@@H](OC(=O)c2ccccc2)[C@H](OC(=O)c2ccccc2)[C@H]1OC(=O)c1ccccc1)c1ccccc1. The van der Waals surface area contributed by atoms with Gasteiger partial charge >= 0.3 is 41.8 Å². The summed E-state index contributed by atoms with van der Waals surface area (Å²) >= 11 is 0. The fourth-order valence-corrected chi connectivity index (χ4v) is 8.31. The molecule has 0 radical (unpaired) electrons. The van der Waals surface area contributed by atoms with Crippen molar-refractivity contribution in [1.29, 1.82) is 0 Å². The second kappa shape index (κ2) is 25.3. The van der Waals surface area contributed by atoms with E-state index in [9.17, 15) is 33.6 Å². The molecule has 0 saturated carbocycles. The van der Waals surface area contributed by atoms with Crippen LogP contribution in [0.4, 0.5) is 0 Å². The van der Waals surface area contributed by atoms with Gasteiger partial charge in [0, 0.05) is 0 Å². The fourth-order valence-electron chi connectivity index (χ4n) is 8.31. The summed E-state index contributed by atoms with van der Waals surface area (Å²) in [4.78, 5) is 98.2. The first-order valence-corrected chi connectivity index (χ1v) is 24.3. The smallest absolute Gasteiger partial charge is 0.340 e. The van der Waals surface area contributed by atoms with Gasteiger partial charge in [0.2, 0.25) is 12.4 Å². The summed E-state index contributed by atoms with van der Waals surface area (Å²) in [5.74, 6) is -6.44. The van der Waals surface area contributed by atoms with Crippen LogP contribution in [0.1, 0.15) is 72.5 Å². The molecule has 7 aromatic carbocycles. The van der Waals surface area contributed by atoms with Crippen molar-refractivity contribution in [2.24, 2.45) is 0 Å². The van der Waals surface area contributed by atoms with Crippen LogP contribution in [0, 0.1) is 0 Å². The summed E-state index contributed by atoms with van der Waals surface area (Å²) < 4.78 is 61.8. The van der Waals surface area contributed by atoms with Crippen molar-refractivity contribution >= 4 is 41.8 Å². The summed E-state index contributed by atoms with van der Waals surface area (Å²) in [6, 6.07) is 54.9. The number of hydrogen-bond donors (Lipinski definition) is 0. The van der Waals surface area contributed by atoms with E-state index in [2.05, 4.69) is 0 Å². The van der Waals surface area contributed by atoms with E-state index < -0.39 is 110 Å². The van der Waals surface area contributed by atoms with Gasteiger partial charge < -0.3 is 47.4 Å². The zero-order valence-electron chi connectivity index (χ0n) is 40.8. The van der Waals surface area contributed by atoms with Gasteiger partial charge in [0.25, 0.3) is 0 Å². The van der Waals surface area contributed by atoms with Crippen molar-refractivity contribution in [2.75, 3.05) is 13.2 Å². The third-order valence-corrected chi connectivity index (χ3v) is 12.2. The molecule has 0 amide bonds. The Morgan fingerprint density at radius 2 is 0.584 bits per heavy atom. The molecular formula is C60H48O17. The summed E-state index contributed by atoms with van der Waals surface area (Å²) in [6.07, 6.45) is -15.5. The Morgan fingerprint density at radius 3 is 0.935 bits per heavy atom. The first-order chi connectivity index (χ1) is 37.6. The highest BCUT2D eigenvalue weighted by Gasteiger charge is 2.56. The maximum atomic E-state index is 14.2. The van der Waals surface area contributed by atoms with Gasteiger partial charge in [-0.05, 0) is 84.9 Å². The average Bonchev–Trinajstić information content (AvgIpc) is 3.49. The zero-order valence-corrected chi connectivity index (χ0v) is 40.8. The summed E-state index contributed by atoms with van der Waals surface area (Å²) in [5, 5.41) is 0. The predicted molar refractivity (Wildman–Crippen MR) is 270 cm³/mol. The van der Waals surface area contributed by atoms with E-state index in [4.69, 9.17) is 47.4 Å². The average molecular weight is 1040 g/mol. The molecule has 7 aromatic rings. The predicted octanol–water partition coefficient (Wildman–Crippen LogP) is 8.29. The number of hydrogen-bond acceptors (Lipinski definition) is 17. The number of carbonyl (C=O) groups is 7. The fraction of sp³-hybridized carbons (Fsp3) is 0.183. The number of ether oxygens (including phenoxy) is 10. The highest BCUT2D eigenvalue weighted by atomic mass is 16.8. The molecule has 2 heterocycles. The van der Waals surface area contributed by atoms with Crippen LogP contribution in [-0.2, 0) is 47.4 Å².